The first kappa shape index (κ1) is 41.4. The van der Waals surface area contributed by atoms with Crippen LogP contribution < -0.4 is 35.3 Å². The SMILES string of the molecule is CN=C(N)NCOc1cc(C(=O)O)c(N[C@H](C)CO)cc1O[C@@H]1O[C@@]2(CCc3c(OC)c(O)c(OCCc4ccccc4)c(O)c3C(=O)OC2)[C@@H](O)[C@H](O)[C@H]1O. The molecule has 6 atom stereocenters. The molecule has 19 nitrogen and oxygen atoms in total. The van der Waals surface area contributed by atoms with Crippen LogP contribution >= 0.6 is 0 Å². The second-order valence-corrected chi connectivity index (χ2v) is 13.1. The van der Waals surface area contributed by atoms with Crippen LogP contribution in [-0.2, 0) is 22.3 Å². The summed E-state index contributed by atoms with van der Waals surface area (Å²) in [5, 5.41) is 81.1. The lowest BCUT2D eigenvalue weighted by Gasteiger charge is -2.48. The van der Waals surface area contributed by atoms with Crippen molar-refractivity contribution in [2.75, 3.05) is 46.0 Å². The highest BCUT2D eigenvalue weighted by Gasteiger charge is 2.56. The molecule has 2 aliphatic rings. The van der Waals surface area contributed by atoms with Gasteiger partial charge in [0, 0.05) is 37.2 Å². The van der Waals surface area contributed by atoms with Gasteiger partial charge in [-0.25, -0.2) is 9.59 Å². The highest BCUT2D eigenvalue weighted by atomic mass is 16.7. The number of hydrogen-bond donors (Lipinski definition) is 10. The Labute approximate surface area is 320 Å². The Morgan fingerprint density at radius 3 is 2.46 bits per heavy atom. The number of anilines is 1. The maximum absolute atomic E-state index is 13.6. The van der Waals surface area contributed by atoms with E-state index in [2.05, 4.69) is 15.6 Å². The van der Waals surface area contributed by atoms with Crippen molar-refractivity contribution in [2.45, 2.75) is 62.4 Å². The van der Waals surface area contributed by atoms with Crippen molar-refractivity contribution in [3.8, 4) is 34.5 Å². The Bertz CT molecular complexity index is 1910. The zero-order valence-electron chi connectivity index (χ0n) is 30.8. The normalized spacial score (nSPS) is 22.8. The molecule has 0 radical (unpaired) electrons. The van der Waals surface area contributed by atoms with Gasteiger partial charge in [0.05, 0.1) is 31.6 Å². The number of carbonyl (C=O) groups is 2. The summed E-state index contributed by atoms with van der Waals surface area (Å²) in [5.74, 6) is -4.81. The molecule has 2 heterocycles. The number of aromatic hydroxyl groups is 2. The number of aromatic carboxylic acids is 1. The van der Waals surface area contributed by atoms with Gasteiger partial charge in [-0.3, -0.25) is 4.99 Å². The summed E-state index contributed by atoms with van der Waals surface area (Å²) < 4.78 is 34.7. The summed E-state index contributed by atoms with van der Waals surface area (Å²) in [4.78, 5) is 29.6. The first-order valence-corrected chi connectivity index (χ1v) is 17.5. The number of aliphatic hydroxyl groups excluding tert-OH is 4. The van der Waals surface area contributed by atoms with Gasteiger partial charge in [0.1, 0.15) is 36.1 Å². The van der Waals surface area contributed by atoms with E-state index < -0.39 is 72.0 Å². The van der Waals surface area contributed by atoms with Gasteiger partial charge in [-0.2, -0.15) is 0 Å². The summed E-state index contributed by atoms with van der Waals surface area (Å²) >= 11 is 0. The third kappa shape index (κ3) is 8.71. The van der Waals surface area contributed by atoms with Crippen molar-refractivity contribution >= 4 is 23.6 Å². The molecular formula is C37H46N4O15. The van der Waals surface area contributed by atoms with E-state index in [0.29, 0.717) is 6.42 Å². The zero-order valence-corrected chi connectivity index (χ0v) is 30.8. The molecule has 0 aliphatic carbocycles. The maximum Gasteiger partial charge on any atom is 0.342 e. The van der Waals surface area contributed by atoms with E-state index in [-0.39, 0.29) is 78.4 Å². The molecule has 0 aromatic heterocycles. The van der Waals surface area contributed by atoms with E-state index >= 15 is 0 Å². The van der Waals surface area contributed by atoms with Crippen molar-refractivity contribution in [1.82, 2.24) is 5.32 Å². The van der Waals surface area contributed by atoms with Gasteiger partial charge < -0.3 is 80.5 Å². The zero-order chi connectivity index (χ0) is 40.7. The van der Waals surface area contributed by atoms with Crippen LogP contribution in [0.25, 0.3) is 0 Å². The minimum atomic E-state index is -1.97. The Balaban J connectivity index is 1.47. The van der Waals surface area contributed by atoms with Gasteiger partial charge in [0.25, 0.3) is 0 Å². The molecule has 0 unspecified atom stereocenters. The Hall–Kier alpha value is -5.73. The number of nitrogens with one attached hydrogen (secondary N) is 2. The van der Waals surface area contributed by atoms with Gasteiger partial charge in [0.15, 0.2) is 35.7 Å². The minimum absolute atomic E-state index is 0.00319. The van der Waals surface area contributed by atoms with Crippen LogP contribution in [0.5, 0.6) is 34.5 Å². The lowest BCUT2D eigenvalue weighted by atomic mass is 9.81. The van der Waals surface area contributed by atoms with Crippen LogP contribution in [0, 0.1) is 0 Å². The highest BCUT2D eigenvalue weighted by molar-refractivity contribution is 5.97. The second-order valence-electron chi connectivity index (χ2n) is 13.1. The molecule has 3 aromatic rings. The van der Waals surface area contributed by atoms with Crippen LogP contribution in [0.4, 0.5) is 5.69 Å². The third-order valence-corrected chi connectivity index (χ3v) is 9.39. The number of phenolic OH excluding ortho intramolecular Hbond substituents is 2. The largest absolute Gasteiger partial charge is 0.504 e. The van der Waals surface area contributed by atoms with Crippen molar-refractivity contribution in [3.63, 3.8) is 0 Å². The molecule has 3 aromatic carbocycles. The number of fused-ring (bicyclic) bond motifs is 1. The fourth-order valence-corrected chi connectivity index (χ4v) is 6.34. The average molecular weight is 787 g/mol. The molecule has 5 rings (SSSR count). The Kier molecular flexibility index (Phi) is 13.2. The van der Waals surface area contributed by atoms with Crippen LogP contribution in [-0.4, -0.2) is 131 Å². The monoisotopic (exact) mass is 786 g/mol. The van der Waals surface area contributed by atoms with Gasteiger partial charge >= 0.3 is 11.9 Å². The predicted molar refractivity (Wildman–Crippen MR) is 197 cm³/mol. The van der Waals surface area contributed by atoms with E-state index in [4.69, 9.17) is 34.2 Å². The molecule has 2 aliphatic heterocycles. The molecule has 1 saturated heterocycles. The number of cyclic esters (lactones) is 1. The molecule has 19 heteroatoms. The molecule has 11 N–H and O–H groups in total. The predicted octanol–water partition coefficient (Wildman–Crippen LogP) is 0.449. The van der Waals surface area contributed by atoms with Crippen LogP contribution in [0.15, 0.2) is 47.5 Å². The summed E-state index contributed by atoms with van der Waals surface area (Å²) in [6, 6.07) is 11.0. The molecule has 0 saturated carbocycles. The number of nitrogens with two attached hydrogens (primary N) is 1. The van der Waals surface area contributed by atoms with Gasteiger partial charge in [-0.05, 0) is 25.3 Å². The number of guanidine groups is 1. The standard InChI is InChI=1S/C37H46N4O15/c1-18(15-42)41-22-14-24(23(13-21(22)33(48)49)54-17-40-36(38)39-2)55-35-28(45)27(44)32(47)37(56-35)11-9-20-25(34(50)53-16-37)26(43)31(29(46)30(20)51-3)52-12-10-19-7-5-4-6-8-19/h4-8,13-14,18,27-28,32,35,41-47H,9-12,15-17H2,1-3H3,(H,48,49)(H3,38,39,40)/t18-,27-,28-,32+,35-,37-/m1/s1. The number of rotatable bonds is 14. The first-order valence-electron chi connectivity index (χ1n) is 17.5. The topological polar surface area (TPSA) is 294 Å². The fourth-order valence-electron chi connectivity index (χ4n) is 6.34. The number of benzene rings is 3. The van der Waals surface area contributed by atoms with E-state index in [1.165, 1.54) is 20.2 Å². The summed E-state index contributed by atoms with van der Waals surface area (Å²) in [6.45, 7) is 0.202. The van der Waals surface area contributed by atoms with Gasteiger partial charge in [-0.15, -0.1) is 0 Å². The van der Waals surface area contributed by atoms with E-state index in [9.17, 15) is 45.3 Å². The highest BCUT2D eigenvalue weighted by Crippen LogP contribution is 2.51. The van der Waals surface area contributed by atoms with Gasteiger partial charge in [0.2, 0.25) is 17.8 Å². The number of nitrogens with zero attached hydrogens (tertiary/aromatic N) is 1. The van der Waals surface area contributed by atoms with Crippen LogP contribution in [0.1, 0.15) is 45.2 Å². The number of carboxylic acids is 1. The molecular weight excluding hydrogens is 740 g/mol. The second kappa shape index (κ2) is 17.8. The fraction of sp³-hybridized carbons (Fsp3) is 0.432. The molecule has 304 valence electrons. The number of aliphatic hydroxyl groups is 4. The van der Waals surface area contributed by atoms with Crippen molar-refractivity contribution in [2.24, 2.45) is 10.7 Å². The quantitative estimate of drug-likeness (QED) is 0.0459. The number of ether oxygens (including phenoxy) is 6. The van der Waals surface area contributed by atoms with Crippen LogP contribution in [0.2, 0.25) is 0 Å². The average Bonchev–Trinajstić information content (AvgIpc) is 3.18. The summed E-state index contributed by atoms with van der Waals surface area (Å²) in [5.41, 5.74) is 3.96. The van der Waals surface area contributed by atoms with Crippen LogP contribution in [0.3, 0.4) is 0 Å². The molecule has 1 fully saturated rings. The van der Waals surface area contributed by atoms with E-state index in [0.717, 1.165) is 11.6 Å². The number of hydrogen-bond acceptors (Lipinski definition) is 16. The summed E-state index contributed by atoms with van der Waals surface area (Å²) in [7, 11) is 2.65. The number of carbonyl (C=O) groups excluding carboxylic acids is 1. The molecule has 0 bridgehead atoms. The van der Waals surface area contributed by atoms with Crippen molar-refractivity contribution < 1.29 is 73.8 Å². The maximum atomic E-state index is 13.6. The minimum Gasteiger partial charge on any atom is -0.504 e. The Morgan fingerprint density at radius 1 is 1.07 bits per heavy atom. The molecule has 1 spiro atoms. The third-order valence-electron chi connectivity index (χ3n) is 9.39. The van der Waals surface area contributed by atoms with E-state index in [1.54, 1.807) is 6.92 Å². The van der Waals surface area contributed by atoms with Crippen molar-refractivity contribution in [3.05, 3.63) is 64.7 Å². The van der Waals surface area contributed by atoms with Gasteiger partial charge in [-0.1, -0.05) is 30.3 Å². The lowest BCUT2D eigenvalue weighted by Crippen LogP contribution is -2.67. The summed E-state index contributed by atoms with van der Waals surface area (Å²) in [6.07, 6.45) is -7.64. The number of carboxylic acid groups (broad SMARTS) is 1. The number of phenols is 2. The van der Waals surface area contributed by atoms with Crippen molar-refractivity contribution in [1.29, 1.82) is 0 Å². The lowest BCUT2D eigenvalue weighted by molar-refractivity contribution is -0.320. The first-order chi connectivity index (χ1) is 26.7. The smallest absolute Gasteiger partial charge is 0.342 e. The Morgan fingerprint density at radius 2 is 1.80 bits per heavy atom. The number of methoxy groups -OCH3 is 1. The molecule has 0 amide bonds. The number of aliphatic imine (C=N–C) groups is 1. The number of esters is 1. The van der Waals surface area contributed by atoms with E-state index in [1.807, 2.05) is 30.3 Å². The molecule has 56 heavy (non-hydrogen) atoms.